The Bertz CT molecular complexity index is 1810. The zero-order chi connectivity index (χ0) is 33.6. The third-order valence-corrected chi connectivity index (χ3v) is 11.6. The van der Waals surface area contributed by atoms with E-state index < -0.39 is 74.4 Å². The van der Waals surface area contributed by atoms with E-state index in [1.807, 2.05) is 0 Å². The van der Waals surface area contributed by atoms with Crippen LogP contribution in [0.2, 0.25) is 0 Å². The molecule has 2 unspecified atom stereocenters. The topological polar surface area (TPSA) is 243 Å². The number of aromatic nitrogens is 6. The highest BCUT2D eigenvalue weighted by Crippen LogP contribution is 2.58. The number of amides is 1. The van der Waals surface area contributed by atoms with Crippen LogP contribution in [-0.4, -0.2) is 102 Å². The molecule has 1 aliphatic carbocycles. The molecule has 3 aromatic heterocycles. The van der Waals surface area contributed by atoms with Crippen LogP contribution in [0.4, 0.5) is 5.95 Å². The molecule has 1 amide bonds. The molecule has 48 heavy (non-hydrogen) atoms. The third kappa shape index (κ3) is 7.38. The number of imidazole rings is 1. The molecule has 0 aromatic carbocycles. The molecule has 7 rings (SSSR count). The minimum absolute atomic E-state index is 0.0315. The van der Waals surface area contributed by atoms with E-state index >= 15 is 0 Å². The number of thiol groups is 1. The zero-order valence-electron chi connectivity index (χ0n) is 24.9. The van der Waals surface area contributed by atoms with E-state index in [0.717, 1.165) is 6.42 Å². The zero-order valence-corrected chi connectivity index (χ0v) is 28.4. The lowest BCUT2D eigenvalue weighted by molar-refractivity contribution is -0.117. The molecule has 260 valence electrons. The van der Waals surface area contributed by atoms with Gasteiger partial charge in [-0.3, -0.25) is 29.0 Å². The van der Waals surface area contributed by atoms with Crippen LogP contribution in [-0.2, 0) is 44.0 Å². The highest BCUT2D eigenvalue weighted by Gasteiger charge is 2.51. The van der Waals surface area contributed by atoms with E-state index in [1.165, 1.54) is 23.4 Å². The van der Waals surface area contributed by atoms with Gasteiger partial charge in [0, 0.05) is 24.6 Å². The number of carbonyl (C=O) groups is 1. The maximum absolute atomic E-state index is 13.6. The van der Waals surface area contributed by atoms with Crippen LogP contribution in [0.3, 0.4) is 0 Å². The first-order valence-corrected chi connectivity index (χ1v) is 20.3. The number of hydrogen-bond donors (Lipinski definition) is 6. The van der Waals surface area contributed by atoms with Gasteiger partial charge in [0.1, 0.15) is 30.7 Å². The molecule has 4 fully saturated rings. The van der Waals surface area contributed by atoms with Crippen molar-refractivity contribution in [2.75, 3.05) is 25.1 Å². The number of ether oxygens (including phenoxy) is 2. The SMILES string of the molecule is O=C(Nc1nc2c(ncn2[C@@H]2O[C@@H]3COP(O)(=S)O[C@H]4C[C@H](Oc5ccncn5)C[C@@H]4COP(=O)(S)O[C@@H]2[C@@H]3O)c(=O)[nH]1)[C@H]1CCCN1. The van der Waals surface area contributed by atoms with Gasteiger partial charge in [-0.15, -0.1) is 0 Å². The summed E-state index contributed by atoms with van der Waals surface area (Å²) in [5, 5.41) is 17.0. The van der Waals surface area contributed by atoms with E-state index in [1.54, 1.807) is 6.07 Å². The summed E-state index contributed by atoms with van der Waals surface area (Å²) in [7, 11) is 0. The van der Waals surface area contributed by atoms with Crippen LogP contribution in [0.1, 0.15) is 31.9 Å². The summed E-state index contributed by atoms with van der Waals surface area (Å²) < 4.78 is 49.9. The Balaban J connectivity index is 1.14. The normalized spacial score (nSPS) is 37.3. The minimum atomic E-state index is -4.22. The quantitative estimate of drug-likeness (QED) is 0.156. The summed E-state index contributed by atoms with van der Waals surface area (Å²) in [6.07, 6.45) is -0.375. The van der Waals surface area contributed by atoms with Crippen LogP contribution in [0, 0.1) is 5.92 Å². The number of carbonyl (C=O) groups excluding carboxylic acids is 1. The number of H-pyrrole nitrogens is 1. The maximum Gasteiger partial charge on any atom is 0.386 e. The highest BCUT2D eigenvalue weighted by molar-refractivity contribution is 8.44. The van der Waals surface area contributed by atoms with Gasteiger partial charge in [-0.2, -0.15) is 4.98 Å². The molecule has 3 aliphatic heterocycles. The number of nitrogens with zero attached hydrogens (tertiary/aromatic N) is 5. The molecule has 3 saturated heterocycles. The summed E-state index contributed by atoms with van der Waals surface area (Å²) in [4.78, 5) is 55.6. The van der Waals surface area contributed by atoms with Crippen LogP contribution in [0.15, 0.2) is 29.7 Å². The lowest BCUT2D eigenvalue weighted by Gasteiger charge is -2.27. The van der Waals surface area contributed by atoms with Crippen molar-refractivity contribution in [3.63, 3.8) is 0 Å². The predicted octanol–water partition coefficient (Wildman–Crippen LogP) is 0.788. The van der Waals surface area contributed by atoms with Crippen molar-refractivity contribution in [1.82, 2.24) is 34.8 Å². The number of rotatable bonds is 5. The number of aromatic amines is 1. The van der Waals surface area contributed by atoms with Crippen molar-refractivity contribution >= 4 is 60.6 Å². The van der Waals surface area contributed by atoms with Crippen LogP contribution >= 0.6 is 25.8 Å². The number of aliphatic hydroxyl groups is 1. The largest absolute Gasteiger partial charge is 0.474 e. The number of anilines is 1. The summed E-state index contributed by atoms with van der Waals surface area (Å²) >= 11 is 9.48. The molecular formula is C25H32N8O11P2S2. The van der Waals surface area contributed by atoms with Crippen LogP contribution in [0.25, 0.3) is 11.2 Å². The molecule has 19 nitrogen and oxygen atoms in total. The average molecular weight is 747 g/mol. The fourth-order valence-corrected chi connectivity index (χ4v) is 9.19. The molecule has 3 aromatic rings. The van der Waals surface area contributed by atoms with Crippen LogP contribution in [0.5, 0.6) is 5.88 Å². The van der Waals surface area contributed by atoms with Gasteiger partial charge in [-0.1, -0.05) is 12.2 Å². The second-order valence-electron chi connectivity index (χ2n) is 11.7. The fraction of sp³-hybridized carbons (Fsp3) is 0.600. The van der Waals surface area contributed by atoms with Crippen molar-refractivity contribution in [2.45, 2.75) is 68.5 Å². The summed E-state index contributed by atoms with van der Waals surface area (Å²) in [6.45, 7) is -8.10. The lowest BCUT2D eigenvalue weighted by Crippen LogP contribution is -2.36. The van der Waals surface area contributed by atoms with Gasteiger partial charge in [-0.05, 0) is 37.6 Å². The van der Waals surface area contributed by atoms with Gasteiger partial charge in [0.15, 0.2) is 17.4 Å². The smallest absolute Gasteiger partial charge is 0.386 e. The molecule has 0 radical (unpaired) electrons. The van der Waals surface area contributed by atoms with E-state index in [2.05, 4.69) is 47.8 Å². The van der Waals surface area contributed by atoms with Crippen molar-refractivity contribution in [2.24, 2.45) is 5.92 Å². The molecule has 23 heteroatoms. The third-order valence-electron chi connectivity index (χ3n) is 8.44. The molecule has 6 heterocycles. The van der Waals surface area contributed by atoms with E-state index in [-0.39, 0.29) is 36.0 Å². The van der Waals surface area contributed by atoms with Gasteiger partial charge in [-0.25, -0.2) is 19.5 Å². The van der Waals surface area contributed by atoms with Gasteiger partial charge < -0.3 is 38.4 Å². The van der Waals surface area contributed by atoms with Crippen LogP contribution < -0.4 is 20.9 Å². The standard InChI is InChI=1S/C25H32N8O11P2S2/c34-19-16-9-40-45(37,47)43-15-7-13(41-17-3-5-26-10-28-17)6-12(15)8-39-46(38,48)44-20(19)24(42-16)33-11-29-18-21(33)30-25(32-23(18)36)31-22(35)14-2-1-4-27-14/h3,5,10-16,19-20,24,27,34H,1-2,4,6-9H2,(H,37,47)(H,38,48)(H2,30,31,32,35,36)/t12-,13-,14-,15+,16-,19-,20-,24-,45?,46?/m1/s1. The molecular weight excluding hydrogens is 714 g/mol. The second kappa shape index (κ2) is 13.7. The molecule has 10 atom stereocenters. The monoisotopic (exact) mass is 746 g/mol. The van der Waals surface area contributed by atoms with Crippen molar-refractivity contribution in [3.05, 3.63) is 35.3 Å². The summed E-state index contributed by atoms with van der Waals surface area (Å²) in [5.41, 5.74) is -0.787. The average Bonchev–Trinajstić information content (AvgIpc) is 3.84. The Morgan fingerprint density at radius 2 is 2.06 bits per heavy atom. The van der Waals surface area contributed by atoms with E-state index in [9.17, 15) is 24.2 Å². The first-order valence-electron chi connectivity index (χ1n) is 15.0. The predicted molar refractivity (Wildman–Crippen MR) is 172 cm³/mol. The van der Waals surface area contributed by atoms with Gasteiger partial charge in [0.05, 0.1) is 31.7 Å². The summed E-state index contributed by atoms with van der Waals surface area (Å²) in [6, 6.07) is 1.16. The number of fused-ring (bicyclic) bond motifs is 4. The molecule has 2 bridgehead atoms. The van der Waals surface area contributed by atoms with Crippen molar-refractivity contribution < 1.29 is 46.9 Å². The second-order valence-corrected chi connectivity index (χ2v) is 17.4. The van der Waals surface area contributed by atoms with Gasteiger partial charge >= 0.3 is 13.5 Å². The van der Waals surface area contributed by atoms with Crippen molar-refractivity contribution in [1.29, 1.82) is 0 Å². The number of hydrogen-bond acceptors (Lipinski definition) is 16. The first kappa shape index (κ1) is 34.1. The molecule has 4 aliphatic rings. The molecule has 5 N–H and O–H groups in total. The Hall–Kier alpha value is -2.39. The molecule has 1 saturated carbocycles. The first-order chi connectivity index (χ1) is 22.9. The van der Waals surface area contributed by atoms with E-state index in [0.29, 0.717) is 25.3 Å². The van der Waals surface area contributed by atoms with Gasteiger partial charge in [0.25, 0.3) is 5.56 Å². The highest BCUT2D eigenvalue weighted by atomic mass is 32.7. The number of aliphatic hydroxyl groups excluding tert-OH is 1. The molecule has 0 spiro atoms. The Morgan fingerprint density at radius 3 is 2.83 bits per heavy atom. The Labute approximate surface area is 282 Å². The lowest BCUT2D eigenvalue weighted by atomic mass is 10.1. The van der Waals surface area contributed by atoms with Gasteiger partial charge in [0.2, 0.25) is 17.7 Å². The minimum Gasteiger partial charge on any atom is -0.474 e. The van der Waals surface area contributed by atoms with E-state index in [4.69, 9.17) is 39.4 Å². The maximum atomic E-state index is 13.6. The fourth-order valence-electron chi connectivity index (χ4n) is 6.18. The Morgan fingerprint density at radius 1 is 1.21 bits per heavy atom. The number of nitrogens with one attached hydrogen (secondary N) is 3. The summed E-state index contributed by atoms with van der Waals surface area (Å²) in [5.74, 6) is -0.652. The Kier molecular flexibility index (Phi) is 9.75. The van der Waals surface area contributed by atoms with Crippen molar-refractivity contribution in [3.8, 4) is 5.88 Å².